The monoisotopic (exact) mass is 267 g/mol. The summed E-state index contributed by atoms with van der Waals surface area (Å²) in [5.41, 5.74) is 5.93. The Morgan fingerprint density at radius 2 is 2.33 bits per heavy atom. The topological polar surface area (TPSA) is 39.2 Å². The molecule has 0 spiro atoms. The first-order valence-electron chi connectivity index (χ1n) is 7.17. The van der Waals surface area contributed by atoms with Crippen LogP contribution in [-0.2, 0) is 5.75 Å². The molecule has 18 heavy (non-hydrogen) atoms. The third-order valence-corrected chi connectivity index (χ3v) is 5.51. The second kappa shape index (κ2) is 7.25. The van der Waals surface area contributed by atoms with E-state index in [0.717, 1.165) is 29.2 Å². The van der Waals surface area contributed by atoms with E-state index in [1.54, 1.807) is 6.26 Å². The molecule has 1 aliphatic rings. The van der Waals surface area contributed by atoms with Gasteiger partial charge in [0.05, 0.1) is 12.0 Å². The lowest BCUT2D eigenvalue weighted by Crippen LogP contribution is -2.32. The molecular weight excluding hydrogens is 242 g/mol. The SMILES string of the molecule is CCCC1CCC(CN)C(SCc2ccco2)C1. The van der Waals surface area contributed by atoms with E-state index < -0.39 is 0 Å². The Morgan fingerprint density at radius 3 is 3.00 bits per heavy atom. The Hall–Kier alpha value is -0.410. The van der Waals surface area contributed by atoms with E-state index in [9.17, 15) is 0 Å². The molecule has 1 heterocycles. The highest BCUT2D eigenvalue weighted by atomic mass is 32.2. The molecule has 0 aromatic carbocycles. The van der Waals surface area contributed by atoms with Crippen LogP contribution in [0.1, 0.15) is 44.8 Å². The van der Waals surface area contributed by atoms with Crippen LogP contribution in [0.15, 0.2) is 22.8 Å². The molecule has 3 unspecified atom stereocenters. The van der Waals surface area contributed by atoms with Crippen LogP contribution >= 0.6 is 11.8 Å². The van der Waals surface area contributed by atoms with Gasteiger partial charge in [-0.25, -0.2) is 0 Å². The summed E-state index contributed by atoms with van der Waals surface area (Å²) in [4.78, 5) is 0. The van der Waals surface area contributed by atoms with Crippen molar-refractivity contribution in [2.24, 2.45) is 17.6 Å². The molecule has 0 bridgehead atoms. The highest BCUT2D eigenvalue weighted by Crippen LogP contribution is 2.39. The average molecular weight is 267 g/mol. The molecule has 3 atom stereocenters. The van der Waals surface area contributed by atoms with Crippen LogP contribution in [-0.4, -0.2) is 11.8 Å². The fourth-order valence-electron chi connectivity index (χ4n) is 3.00. The molecule has 1 saturated carbocycles. The summed E-state index contributed by atoms with van der Waals surface area (Å²) in [5, 5.41) is 0.727. The molecule has 3 heteroatoms. The third kappa shape index (κ3) is 3.79. The van der Waals surface area contributed by atoms with E-state index in [4.69, 9.17) is 10.2 Å². The van der Waals surface area contributed by atoms with E-state index in [-0.39, 0.29) is 0 Å². The van der Waals surface area contributed by atoms with Crippen molar-refractivity contribution in [1.82, 2.24) is 0 Å². The summed E-state index contributed by atoms with van der Waals surface area (Å²) < 4.78 is 5.42. The van der Waals surface area contributed by atoms with Crippen LogP contribution in [0, 0.1) is 11.8 Å². The maximum absolute atomic E-state index is 5.93. The highest BCUT2D eigenvalue weighted by molar-refractivity contribution is 7.99. The molecule has 1 aliphatic carbocycles. The Balaban J connectivity index is 1.85. The summed E-state index contributed by atoms with van der Waals surface area (Å²) in [6, 6.07) is 4.04. The molecule has 0 amide bonds. The fraction of sp³-hybridized carbons (Fsp3) is 0.733. The maximum Gasteiger partial charge on any atom is 0.113 e. The van der Waals surface area contributed by atoms with Crippen molar-refractivity contribution in [2.75, 3.05) is 6.54 Å². The van der Waals surface area contributed by atoms with Crippen molar-refractivity contribution in [1.29, 1.82) is 0 Å². The predicted octanol–water partition coefficient (Wildman–Crippen LogP) is 4.06. The molecule has 0 aliphatic heterocycles. The van der Waals surface area contributed by atoms with Gasteiger partial charge in [0.2, 0.25) is 0 Å². The lowest BCUT2D eigenvalue weighted by molar-refractivity contribution is 0.275. The van der Waals surface area contributed by atoms with E-state index in [2.05, 4.69) is 13.0 Å². The van der Waals surface area contributed by atoms with E-state index in [1.165, 1.54) is 32.1 Å². The zero-order chi connectivity index (χ0) is 12.8. The molecule has 1 aromatic heterocycles. The second-order valence-corrected chi connectivity index (χ2v) is 6.62. The zero-order valence-electron chi connectivity index (χ0n) is 11.3. The van der Waals surface area contributed by atoms with Crippen molar-refractivity contribution >= 4 is 11.8 Å². The molecule has 102 valence electrons. The Bertz CT molecular complexity index is 325. The molecule has 2 N–H and O–H groups in total. The van der Waals surface area contributed by atoms with Gasteiger partial charge in [-0.15, -0.1) is 0 Å². The summed E-state index contributed by atoms with van der Waals surface area (Å²) in [6.07, 6.45) is 8.51. The molecular formula is C15H25NOS. The number of nitrogens with two attached hydrogens (primary N) is 1. The predicted molar refractivity (Wildman–Crippen MR) is 78.6 cm³/mol. The smallest absolute Gasteiger partial charge is 0.113 e. The fourth-order valence-corrected chi connectivity index (χ4v) is 4.47. The largest absolute Gasteiger partial charge is 0.468 e. The van der Waals surface area contributed by atoms with E-state index >= 15 is 0 Å². The molecule has 2 rings (SSSR count). The highest BCUT2D eigenvalue weighted by Gasteiger charge is 2.29. The number of hydrogen-bond acceptors (Lipinski definition) is 3. The minimum atomic E-state index is 0.707. The van der Waals surface area contributed by atoms with Crippen LogP contribution in [0.4, 0.5) is 0 Å². The van der Waals surface area contributed by atoms with Crippen LogP contribution in [0.3, 0.4) is 0 Å². The Kier molecular flexibility index (Phi) is 5.64. The van der Waals surface area contributed by atoms with Crippen molar-refractivity contribution in [2.45, 2.75) is 50.0 Å². The van der Waals surface area contributed by atoms with Gasteiger partial charge >= 0.3 is 0 Å². The van der Waals surface area contributed by atoms with Crippen LogP contribution < -0.4 is 5.73 Å². The summed E-state index contributed by atoms with van der Waals surface area (Å²) >= 11 is 2.04. The first-order chi connectivity index (χ1) is 8.83. The Labute approximate surface area is 115 Å². The van der Waals surface area contributed by atoms with E-state index in [1.807, 2.05) is 17.8 Å². The number of hydrogen-bond donors (Lipinski definition) is 1. The summed E-state index contributed by atoms with van der Waals surface area (Å²) in [7, 11) is 0. The van der Waals surface area contributed by atoms with Gasteiger partial charge in [-0.2, -0.15) is 11.8 Å². The van der Waals surface area contributed by atoms with Gasteiger partial charge < -0.3 is 10.2 Å². The van der Waals surface area contributed by atoms with Gasteiger partial charge in [0.15, 0.2) is 0 Å². The van der Waals surface area contributed by atoms with Crippen molar-refractivity contribution in [3.63, 3.8) is 0 Å². The second-order valence-electron chi connectivity index (χ2n) is 5.39. The number of rotatable bonds is 6. The number of furan rings is 1. The van der Waals surface area contributed by atoms with Crippen molar-refractivity contribution < 1.29 is 4.42 Å². The van der Waals surface area contributed by atoms with Crippen molar-refractivity contribution in [3.05, 3.63) is 24.2 Å². The molecule has 1 aromatic rings. The minimum Gasteiger partial charge on any atom is -0.468 e. The van der Waals surface area contributed by atoms with Crippen LogP contribution in [0.25, 0.3) is 0 Å². The molecule has 2 nitrogen and oxygen atoms in total. The standard InChI is InChI=1S/C15H25NOS/c1-2-4-12-6-7-13(10-16)15(9-12)18-11-14-5-3-8-17-14/h3,5,8,12-13,15H,2,4,6-7,9-11,16H2,1H3. The summed E-state index contributed by atoms with van der Waals surface area (Å²) in [5.74, 6) is 3.71. The van der Waals surface area contributed by atoms with Crippen molar-refractivity contribution in [3.8, 4) is 0 Å². The lowest BCUT2D eigenvalue weighted by atomic mass is 9.80. The van der Waals surface area contributed by atoms with Gasteiger partial charge in [-0.1, -0.05) is 26.2 Å². The van der Waals surface area contributed by atoms with Crippen LogP contribution in [0.5, 0.6) is 0 Å². The Morgan fingerprint density at radius 1 is 1.44 bits per heavy atom. The quantitative estimate of drug-likeness (QED) is 0.845. The first-order valence-corrected chi connectivity index (χ1v) is 8.22. The first kappa shape index (κ1) is 14.0. The lowest BCUT2D eigenvalue weighted by Gasteiger charge is -2.35. The van der Waals surface area contributed by atoms with Gasteiger partial charge in [0.25, 0.3) is 0 Å². The van der Waals surface area contributed by atoms with Gasteiger partial charge in [0, 0.05) is 5.25 Å². The molecule has 0 radical (unpaired) electrons. The van der Waals surface area contributed by atoms with Gasteiger partial charge in [0.1, 0.15) is 5.76 Å². The number of thioether (sulfide) groups is 1. The average Bonchev–Trinajstić information content (AvgIpc) is 2.90. The van der Waals surface area contributed by atoms with E-state index in [0.29, 0.717) is 5.92 Å². The van der Waals surface area contributed by atoms with Gasteiger partial charge in [-0.3, -0.25) is 0 Å². The normalized spacial score (nSPS) is 28.4. The van der Waals surface area contributed by atoms with Crippen LogP contribution in [0.2, 0.25) is 0 Å². The molecule has 1 fully saturated rings. The summed E-state index contributed by atoms with van der Waals surface area (Å²) in [6.45, 7) is 3.13. The third-order valence-electron chi connectivity index (χ3n) is 4.06. The zero-order valence-corrected chi connectivity index (χ0v) is 12.1. The molecule has 0 saturated heterocycles. The maximum atomic E-state index is 5.93. The van der Waals surface area contributed by atoms with Gasteiger partial charge in [-0.05, 0) is 43.4 Å². The minimum absolute atomic E-state index is 0.707.